The molecule has 3 heterocycles. The first-order valence-electron chi connectivity index (χ1n) is 10.6. The van der Waals surface area contributed by atoms with Crippen LogP contribution in [-0.2, 0) is 17.8 Å². The summed E-state index contributed by atoms with van der Waals surface area (Å²) in [7, 11) is 0. The van der Waals surface area contributed by atoms with Crippen molar-refractivity contribution in [3.63, 3.8) is 0 Å². The van der Waals surface area contributed by atoms with E-state index in [1.807, 2.05) is 26.0 Å². The molecule has 0 radical (unpaired) electrons. The van der Waals surface area contributed by atoms with E-state index in [-0.39, 0.29) is 12.0 Å². The Morgan fingerprint density at radius 1 is 1.35 bits per heavy atom. The largest absolute Gasteiger partial charge is 0.494 e. The topological polar surface area (TPSA) is 85.4 Å². The van der Waals surface area contributed by atoms with Crippen LogP contribution in [-0.4, -0.2) is 34.6 Å². The maximum atomic E-state index is 12.8. The molecule has 2 atom stereocenters. The molecule has 0 bridgehead atoms. The van der Waals surface area contributed by atoms with Gasteiger partial charge in [0, 0.05) is 29.0 Å². The van der Waals surface area contributed by atoms with Crippen LogP contribution in [0.15, 0.2) is 18.5 Å². The highest BCUT2D eigenvalue weighted by molar-refractivity contribution is 7.18. The summed E-state index contributed by atoms with van der Waals surface area (Å²) < 4.78 is 11.7. The molecule has 1 aliphatic rings. The molecule has 0 spiro atoms. The molecule has 7 nitrogen and oxygen atoms in total. The highest BCUT2D eigenvalue weighted by Crippen LogP contribution is 2.35. The number of nitrogens with zero attached hydrogens (tertiary/aromatic N) is 2. The zero-order chi connectivity index (χ0) is 22.1. The quantitative estimate of drug-likeness (QED) is 0.574. The molecule has 164 valence electrons. The Bertz CT molecular complexity index is 1130. The van der Waals surface area contributed by atoms with Crippen LogP contribution in [0.2, 0.25) is 0 Å². The van der Waals surface area contributed by atoms with Crippen molar-refractivity contribution in [1.82, 2.24) is 15.3 Å². The lowest BCUT2D eigenvalue weighted by molar-refractivity contribution is -0.121. The molecule has 0 saturated carbocycles. The zero-order valence-electron chi connectivity index (χ0n) is 18.5. The number of rotatable bonds is 7. The number of carbonyl (C=O) groups excluding carboxylic acids is 1. The van der Waals surface area contributed by atoms with Crippen LogP contribution in [0.25, 0.3) is 10.2 Å². The number of amides is 1. The molecule has 8 heteroatoms. The van der Waals surface area contributed by atoms with Crippen LogP contribution in [0.4, 0.5) is 5.82 Å². The van der Waals surface area contributed by atoms with Gasteiger partial charge in [0.25, 0.3) is 0 Å². The first-order chi connectivity index (χ1) is 14.9. The summed E-state index contributed by atoms with van der Waals surface area (Å²) in [5, 5.41) is 7.24. The number of thiophene rings is 1. The number of nitrogens with one attached hydrogen (secondary N) is 2. The number of aryl methyl sites for hydroxylation is 2. The van der Waals surface area contributed by atoms with Crippen LogP contribution in [0.1, 0.15) is 42.3 Å². The molecule has 2 N–H and O–H groups in total. The first kappa shape index (κ1) is 21.4. The van der Waals surface area contributed by atoms with E-state index in [2.05, 4.69) is 41.4 Å². The summed E-state index contributed by atoms with van der Waals surface area (Å²) in [5.74, 6) is 2.23. The Morgan fingerprint density at radius 2 is 2.16 bits per heavy atom. The smallest absolute Gasteiger partial charge is 0.242 e. The molecule has 2 aromatic heterocycles. The number of carbonyl (C=O) groups is 1. The maximum absolute atomic E-state index is 12.8. The predicted octanol–water partition coefficient (Wildman–Crippen LogP) is 4.15. The highest BCUT2D eigenvalue weighted by atomic mass is 32.1. The Kier molecular flexibility index (Phi) is 6.00. The number of aromatic nitrogens is 2. The standard InChI is InChI=1S/C23H28N4O3S/c1-6-29-18-8-16-7-12(2)30-19(16)9-17(18)10-24-22(28)14(4)27-21-20-13(3)15(5)31-23(20)26-11-25-21/h8-9,11-12,14H,6-7,10H2,1-5H3,(H,24,28)(H,25,26,27). The van der Waals surface area contributed by atoms with Crippen LogP contribution in [0, 0.1) is 13.8 Å². The molecule has 2 unspecified atom stereocenters. The fourth-order valence-corrected chi connectivity index (χ4v) is 4.80. The van der Waals surface area contributed by atoms with Gasteiger partial charge in [-0.05, 0) is 52.3 Å². The van der Waals surface area contributed by atoms with Gasteiger partial charge in [0.05, 0.1) is 12.0 Å². The summed E-state index contributed by atoms with van der Waals surface area (Å²) in [6.45, 7) is 10.9. The average Bonchev–Trinajstić information content (AvgIpc) is 3.24. The van der Waals surface area contributed by atoms with E-state index >= 15 is 0 Å². The fourth-order valence-electron chi connectivity index (χ4n) is 3.81. The van der Waals surface area contributed by atoms with E-state index in [1.165, 1.54) is 11.2 Å². The summed E-state index contributed by atoms with van der Waals surface area (Å²) in [4.78, 5) is 23.7. The van der Waals surface area contributed by atoms with Crippen molar-refractivity contribution in [1.29, 1.82) is 0 Å². The van der Waals surface area contributed by atoms with Crippen molar-refractivity contribution in [2.24, 2.45) is 0 Å². The SMILES string of the molecule is CCOc1cc2c(cc1CNC(=O)C(C)Nc1ncnc3sc(C)c(C)c13)OC(C)C2. The van der Waals surface area contributed by atoms with E-state index in [9.17, 15) is 4.79 Å². The number of fused-ring (bicyclic) bond motifs is 2. The molecule has 0 aliphatic carbocycles. The lowest BCUT2D eigenvalue weighted by atomic mass is 10.1. The average molecular weight is 441 g/mol. The monoisotopic (exact) mass is 440 g/mol. The van der Waals surface area contributed by atoms with Crippen molar-refractivity contribution in [2.45, 2.75) is 59.7 Å². The molecule has 0 fully saturated rings. The molecule has 1 aromatic carbocycles. The predicted molar refractivity (Wildman–Crippen MR) is 123 cm³/mol. The highest BCUT2D eigenvalue weighted by Gasteiger charge is 2.23. The number of hydrogen-bond acceptors (Lipinski definition) is 7. The van der Waals surface area contributed by atoms with Crippen molar-refractivity contribution >= 4 is 33.3 Å². The molecule has 3 aromatic rings. The number of hydrogen-bond donors (Lipinski definition) is 2. The van der Waals surface area contributed by atoms with Crippen LogP contribution in [0.5, 0.6) is 11.5 Å². The van der Waals surface area contributed by atoms with Crippen LogP contribution < -0.4 is 20.1 Å². The van der Waals surface area contributed by atoms with Crippen molar-refractivity contribution < 1.29 is 14.3 Å². The second-order valence-electron chi connectivity index (χ2n) is 7.90. The summed E-state index contributed by atoms with van der Waals surface area (Å²) in [6.07, 6.45) is 2.56. The molecule has 1 aliphatic heterocycles. The number of benzene rings is 1. The molecular weight excluding hydrogens is 412 g/mol. The van der Waals surface area contributed by atoms with Crippen molar-refractivity contribution in [2.75, 3.05) is 11.9 Å². The Hall–Kier alpha value is -2.87. The van der Waals surface area contributed by atoms with Gasteiger partial charge in [-0.15, -0.1) is 11.3 Å². The molecule has 4 rings (SSSR count). The third kappa shape index (κ3) is 4.30. The normalized spacial score (nSPS) is 16.0. The molecular formula is C23H28N4O3S. The van der Waals surface area contributed by atoms with E-state index in [4.69, 9.17) is 9.47 Å². The van der Waals surface area contributed by atoms with Gasteiger partial charge < -0.3 is 20.1 Å². The molecule has 0 saturated heterocycles. The lowest BCUT2D eigenvalue weighted by Crippen LogP contribution is -2.37. The first-order valence-corrected chi connectivity index (χ1v) is 11.4. The second kappa shape index (κ2) is 8.70. The number of ether oxygens (including phenoxy) is 2. The third-order valence-corrected chi connectivity index (χ3v) is 6.66. The van der Waals surface area contributed by atoms with Crippen LogP contribution >= 0.6 is 11.3 Å². The zero-order valence-corrected chi connectivity index (χ0v) is 19.4. The van der Waals surface area contributed by atoms with Gasteiger partial charge in [-0.2, -0.15) is 0 Å². The van der Waals surface area contributed by atoms with E-state index < -0.39 is 6.04 Å². The van der Waals surface area contributed by atoms with Gasteiger partial charge >= 0.3 is 0 Å². The van der Waals surface area contributed by atoms with Gasteiger partial charge in [-0.25, -0.2) is 9.97 Å². The Labute approximate surface area is 186 Å². The van der Waals surface area contributed by atoms with Crippen molar-refractivity contribution in [3.8, 4) is 11.5 Å². The minimum atomic E-state index is -0.459. The van der Waals surface area contributed by atoms with Gasteiger partial charge in [0.1, 0.15) is 40.6 Å². The molecule has 31 heavy (non-hydrogen) atoms. The summed E-state index contributed by atoms with van der Waals surface area (Å²) >= 11 is 1.63. The minimum Gasteiger partial charge on any atom is -0.494 e. The lowest BCUT2D eigenvalue weighted by Gasteiger charge is -2.17. The van der Waals surface area contributed by atoms with Gasteiger partial charge in [-0.3, -0.25) is 4.79 Å². The second-order valence-corrected chi connectivity index (χ2v) is 9.11. The number of anilines is 1. The summed E-state index contributed by atoms with van der Waals surface area (Å²) in [6, 6.07) is 3.55. The molecule has 1 amide bonds. The minimum absolute atomic E-state index is 0.117. The van der Waals surface area contributed by atoms with Crippen molar-refractivity contribution in [3.05, 3.63) is 40.0 Å². The Balaban J connectivity index is 1.46. The van der Waals surface area contributed by atoms with Gasteiger partial charge in [-0.1, -0.05) is 0 Å². The van der Waals surface area contributed by atoms with Gasteiger partial charge in [0.2, 0.25) is 5.91 Å². The van der Waals surface area contributed by atoms with E-state index in [0.29, 0.717) is 19.0 Å². The fraction of sp³-hybridized carbons (Fsp3) is 0.435. The van der Waals surface area contributed by atoms with E-state index in [0.717, 1.165) is 44.8 Å². The van der Waals surface area contributed by atoms with Crippen LogP contribution in [0.3, 0.4) is 0 Å². The maximum Gasteiger partial charge on any atom is 0.242 e. The van der Waals surface area contributed by atoms with Gasteiger partial charge in [0.15, 0.2) is 0 Å². The Morgan fingerprint density at radius 3 is 2.94 bits per heavy atom. The summed E-state index contributed by atoms with van der Waals surface area (Å²) in [5.41, 5.74) is 3.20. The van der Waals surface area contributed by atoms with E-state index in [1.54, 1.807) is 11.3 Å². The third-order valence-electron chi connectivity index (χ3n) is 5.54.